The highest BCUT2D eigenvalue weighted by Gasteiger charge is 2.34. The van der Waals surface area contributed by atoms with Crippen LogP contribution in [0, 0.1) is 5.41 Å². The summed E-state index contributed by atoms with van der Waals surface area (Å²) in [5, 5.41) is 7.89. The standard InChI is InChI=1S/C25H25ClN2/c1-25(2,3)24-17-23(28(27-24)22-15-13-21(26)14-16-22)20-11-9-19(10-12-20)18-7-5-4-6-8-18/h4-16,23H,17H2,1-3H3. The summed E-state index contributed by atoms with van der Waals surface area (Å²) in [6.45, 7) is 6.69. The van der Waals surface area contributed by atoms with Gasteiger partial charge in [-0.1, -0.05) is 87.0 Å². The van der Waals surface area contributed by atoms with E-state index in [9.17, 15) is 0 Å². The van der Waals surface area contributed by atoms with Crippen molar-refractivity contribution in [3.05, 3.63) is 89.4 Å². The molecule has 3 heteroatoms. The van der Waals surface area contributed by atoms with E-state index in [1.54, 1.807) is 0 Å². The molecule has 1 unspecified atom stereocenters. The Morgan fingerprint density at radius 3 is 2.04 bits per heavy atom. The van der Waals surface area contributed by atoms with E-state index in [2.05, 4.69) is 74.3 Å². The highest BCUT2D eigenvalue weighted by Crippen LogP contribution is 2.40. The molecule has 0 aliphatic carbocycles. The molecule has 0 aromatic heterocycles. The Labute approximate surface area is 172 Å². The van der Waals surface area contributed by atoms with Gasteiger partial charge in [0.25, 0.3) is 0 Å². The Kier molecular flexibility index (Phi) is 4.99. The zero-order valence-electron chi connectivity index (χ0n) is 16.6. The predicted octanol–water partition coefficient (Wildman–Crippen LogP) is 7.36. The Hall–Kier alpha value is -2.58. The van der Waals surface area contributed by atoms with Crippen LogP contribution in [0.5, 0.6) is 0 Å². The van der Waals surface area contributed by atoms with Crippen LogP contribution in [-0.4, -0.2) is 5.71 Å². The summed E-state index contributed by atoms with van der Waals surface area (Å²) in [6.07, 6.45) is 0.927. The number of hydrogen-bond acceptors (Lipinski definition) is 2. The Bertz CT molecular complexity index is 968. The molecule has 2 nitrogen and oxygen atoms in total. The van der Waals surface area contributed by atoms with Crippen molar-refractivity contribution in [1.82, 2.24) is 0 Å². The van der Waals surface area contributed by atoms with E-state index in [0.717, 1.165) is 17.1 Å². The van der Waals surface area contributed by atoms with Gasteiger partial charge in [0.05, 0.1) is 11.7 Å². The lowest BCUT2D eigenvalue weighted by Gasteiger charge is -2.24. The molecule has 0 radical (unpaired) electrons. The molecule has 0 spiro atoms. The summed E-state index contributed by atoms with van der Waals surface area (Å²) in [5.41, 5.74) is 6.08. The van der Waals surface area contributed by atoms with Gasteiger partial charge in [-0.2, -0.15) is 5.10 Å². The van der Waals surface area contributed by atoms with Crippen LogP contribution in [-0.2, 0) is 0 Å². The Balaban J connectivity index is 1.67. The van der Waals surface area contributed by atoms with Gasteiger partial charge in [0.2, 0.25) is 0 Å². The molecule has 142 valence electrons. The quantitative estimate of drug-likeness (QED) is 0.457. The van der Waals surface area contributed by atoms with Gasteiger partial charge in [-0.05, 0) is 41.0 Å². The third kappa shape index (κ3) is 3.83. The van der Waals surface area contributed by atoms with Crippen molar-refractivity contribution < 1.29 is 0 Å². The van der Waals surface area contributed by atoms with E-state index >= 15 is 0 Å². The Morgan fingerprint density at radius 1 is 0.821 bits per heavy atom. The van der Waals surface area contributed by atoms with Gasteiger partial charge in [0, 0.05) is 22.6 Å². The fourth-order valence-electron chi connectivity index (χ4n) is 3.59. The molecule has 0 amide bonds. The largest absolute Gasteiger partial charge is 0.258 e. The fraction of sp³-hybridized carbons (Fsp3) is 0.240. The molecule has 0 saturated carbocycles. The zero-order chi connectivity index (χ0) is 19.7. The van der Waals surface area contributed by atoms with Crippen LogP contribution in [0.4, 0.5) is 5.69 Å². The number of anilines is 1. The first-order valence-electron chi connectivity index (χ1n) is 9.70. The van der Waals surface area contributed by atoms with Crippen LogP contribution >= 0.6 is 11.6 Å². The molecule has 1 heterocycles. The Morgan fingerprint density at radius 2 is 1.43 bits per heavy atom. The van der Waals surface area contributed by atoms with Crippen LogP contribution in [0.25, 0.3) is 11.1 Å². The molecule has 0 bridgehead atoms. The van der Waals surface area contributed by atoms with Crippen molar-refractivity contribution >= 4 is 23.0 Å². The van der Waals surface area contributed by atoms with E-state index in [4.69, 9.17) is 16.7 Å². The maximum absolute atomic E-state index is 6.09. The molecule has 0 N–H and O–H groups in total. The van der Waals surface area contributed by atoms with Crippen LogP contribution < -0.4 is 5.01 Å². The third-order valence-electron chi connectivity index (χ3n) is 5.27. The van der Waals surface area contributed by atoms with E-state index in [-0.39, 0.29) is 11.5 Å². The highest BCUT2D eigenvalue weighted by atomic mass is 35.5. The molecule has 0 saturated heterocycles. The number of halogens is 1. The topological polar surface area (TPSA) is 15.6 Å². The highest BCUT2D eigenvalue weighted by molar-refractivity contribution is 6.30. The van der Waals surface area contributed by atoms with Crippen molar-refractivity contribution in [2.24, 2.45) is 10.5 Å². The molecule has 3 aromatic rings. The maximum Gasteiger partial charge on any atom is 0.0828 e. The molecule has 3 aromatic carbocycles. The average Bonchev–Trinajstić information content (AvgIpc) is 3.15. The van der Waals surface area contributed by atoms with E-state index in [1.165, 1.54) is 22.4 Å². The number of hydrazone groups is 1. The van der Waals surface area contributed by atoms with Crippen molar-refractivity contribution in [1.29, 1.82) is 0 Å². The van der Waals surface area contributed by atoms with Gasteiger partial charge in [-0.25, -0.2) is 0 Å². The summed E-state index contributed by atoms with van der Waals surface area (Å²) in [6, 6.07) is 27.5. The second-order valence-corrected chi connectivity index (χ2v) is 8.76. The van der Waals surface area contributed by atoms with Crippen molar-refractivity contribution in [2.75, 3.05) is 5.01 Å². The van der Waals surface area contributed by atoms with E-state index < -0.39 is 0 Å². The van der Waals surface area contributed by atoms with Gasteiger partial charge in [0.15, 0.2) is 0 Å². The van der Waals surface area contributed by atoms with Gasteiger partial charge >= 0.3 is 0 Å². The van der Waals surface area contributed by atoms with Gasteiger partial charge in [-0.15, -0.1) is 0 Å². The van der Waals surface area contributed by atoms with Crippen LogP contribution in [0.15, 0.2) is 84.0 Å². The molecule has 1 aliphatic heterocycles. The first-order chi connectivity index (χ1) is 13.4. The summed E-state index contributed by atoms with van der Waals surface area (Å²) < 4.78 is 0. The van der Waals surface area contributed by atoms with Crippen molar-refractivity contribution in [3.63, 3.8) is 0 Å². The molecular formula is C25H25ClN2. The smallest absolute Gasteiger partial charge is 0.0828 e. The van der Waals surface area contributed by atoms with E-state index in [1.807, 2.05) is 30.3 Å². The van der Waals surface area contributed by atoms with Crippen LogP contribution in [0.2, 0.25) is 5.02 Å². The summed E-state index contributed by atoms with van der Waals surface area (Å²) in [4.78, 5) is 0. The average molecular weight is 389 g/mol. The second kappa shape index (κ2) is 7.44. The number of hydrogen-bond donors (Lipinski definition) is 0. The predicted molar refractivity (Wildman–Crippen MR) is 120 cm³/mol. The molecule has 1 atom stereocenters. The van der Waals surface area contributed by atoms with Gasteiger partial charge in [0.1, 0.15) is 0 Å². The maximum atomic E-state index is 6.09. The van der Waals surface area contributed by atoms with Gasteiger partial charge < -0.3 is 0 Å². The minimum atomic E-state index is 0.0450. The summed E-state index contributed by atoms with van der Waals surface area (Å²) in [7, 11) is 0. The minimum Gasteiger partial charge on any atom is -0.258 e. The lowest BCUT2D eigenvalue weighted by molar-refractivity contribution is 0.579. The number of nitrogens with zero attached hydrogens (tertiary/aromatic N) is 2. The normalized spacial score (nSPS) is 16.9. The van der Waals surface area contributed by atoms with E-state index in [0.29, 0.717) is 0 Å². The molecule has 0 fully saturated rings. The number of rotatable bonds is 3. The molecular weight excluding hydrogens is 364 g/mol. The first-order valence-corrected chi connectivity index (χ1v) is 10.1. The molecule has 1 aliphatic rings. The second-order valence-electron chi connectivity index (χ2n) is 8.33. The van der Waals surface area contributed by atoms with Gasteiger partial charge in [-0.3, -0.25) is 5.01 Å². The lowest BCUT2D eigenvalue weighted by Crippen LogP contribution is -2.19. The van der Waals surface area contributed by atoms with Crippen LogP contribution in [0.1, 0.15) is 38.8 Å². The zero-order valence-corrected chi connectivity index (χ0v) is 17.3. The summed E-state index contributed by atoms with van der Waals surface area (Å²) >= 11 is 6.09. The van der Waals surface area contributed by atoms with Crippen molar-refractivity contribution in [3.8, 4) is 11.1 Å². The minimum absolute atomic E-state index is 0.0450. The van der Waals surface area contributed by atoms with Crippen LogP contribution in [0.3, 0.4) is 0 Å². The third-order valence-corrected chi connectivity index (χ3v) is 5.52. The first kappa shape index (κ1) is 18.8. The van der Waals surface area contributed by atoms with Crippen molar-refractivity contribution in [2.45, 2.75) is 33.2 Å². The molecule has 4 rings (SSSR count). The SMILES string of the molecule is CC(C)(C)C1=NN(c2ccc(Cl)cc2)C(c2ccc(-c3ccccc3)cc2)C1. The fourth-order valence-corrected chi connectivity index (χ4v) is 3.71. The number of benzene rings is 3. The summed E-state index contributed by atoms with van der Waals surface area (Å²) in [5.74, 6) is 0. The monoisotopic (exact) mass is 388 g/mol. The molecule has 28 heavy (non-hydrogen) atoms. The lowest BCUT2D eigenvalue weighted by atomic mass is 9.85.